The van der Waals surface area contributed by atoms with Gasteiger partial charge in [-0.3, -0.25) is 0 Å². The van der Waals surface area contributed by atoms with Crippen molar-refractivity contribution < 1.29 is 2.74 Å². The van der Waals surface area contributed by atoms with Gasteiger partial charge < -0.3 is 18.9 Å². The van der Waals surface area contributed by atoms with E-state index in [2.05, 4.69) is 402 Å². The molecule has 104 heavy (non-hydrogen) atoms. The Morgan fingerprint density at radius 1 is 0.279 bits per heavy atom. The van der Waals surface area contributed by atoms with Crippen LogP contribution in [0.4, 0.5) is 34.1 Å². The zero-order chi connectivity index (χ0) is 73.9. The van der Waals surface area contributed by atoms with Crippen molar-refractivity contribution in [1.29, 1.82) is 0 Å². The molecule has 0 N–H and O–H groups in total. The zero-order valence-electron chi connectivity index (χ0n) is 64.9. The van der Waals surface area contributed by atoms with Crippen LogP contribution in [0.2, 0.25) is 0 Å². The molecule has 0 bridgehead atoms. The lowest BCUT2D eigenvalue weighted by atomic mass is 9.33. The van der Waals surface area contributed by atoms with Gasteiger partial charge in [-0.1, -0.05) is 286 Å². The summed E-state index contributed by atoms with van der Waals surface area (Å²) in [6, 6.07) is 105. The van der Waals surface area contributed by atoms with Gasteiger partial charge in [0.2, 0.25) is 0 Å². The van der Waals surface area contributed by atoms with Crippen molar-refractivity contribution >= 4 is 101 Å². The molecule has 0 amide bonds. The molecule has 512 valence electrons. The third-order valence-electron chi connectivity index (χ3n) is 21.9. The van der Waals surface area contributed by atoms with Crippen LogP contribution in [-0.2, 0) is 28.0 Å². The van der Waals surface area contributed by atoms with E-state index in [4.69, 9.17) is 0 Å². The van der Waals surface area contributed by atoms with Crippen LogP contribution in [0.15, 0.2) is 279 Å². The largest absolute Gasteiger partial charge is 0.311 e. The smallest absolute Gasteiger partial charge is 0.252 e. The minimum atomic E-state index is -1.86. The Morgan fingerprint density at radius 3 is 0.904 bits per heavy atom. The minimum Gasteiger partial charge on any atom is -0.311 e. The number of anilines is 6. The number of hydrogen-bond donors (Lipinski definition) is 0. The lowest BCUT2D eigenvalue weighted by Gasteiger charge is -2.45. The molecule has 0 saturated carbocycles. The van der Waals surface area contributed by atoms with Gasteiger partial charge in [0.05, 0.1) is 33.4 Å². The van der Waals surface area contributed by atoms with E-state index in [0.717, 1.165) is 128 Å². The lowest BCUT2D eigenvalue weighted by molar-refractivity contribution is 0.411. The van der Waals surface area contributed by atoms with Crippen molar-refractivity contribution in [2.45, 2.75) is 132 Å². The van der Waals surface area contributed by atoms with Crippen LogP contribution >= 0.6 is 0 Å². The van der Waals surface area contributed by atoms with Gasteiger partial charge in [-0.05, 0) is 208 Å². The zero-order valence-corrected chi connectivity index (χ0v) is 62.9. The van der Waals surface area contributed by atoms with Crippen molar-refractivity contribution in [3.63, 3.8) is 0 Å². The monoisotopic (exact) mass is 1350 g/mol. The average molecular weight is 1350 g/mol. The van der Waals surface area contributed by atoms with Crippen LogP contribution in [0.1, 0.15) is 134 Å². The molecule has 0 fully saturated rings. The van der Waals surface area contributed by atoms with E-state index in [9.17, 15) is 2.74 Å². The number of benzene rings is 13. The molecular weight excluding hydrogens is 1260 g/mol. The number of nitrogens with zero attached hydrogens (tertiary/aromatic N) is 4. The van der Waals surface area contributed by atoms with Crippen LogP contribution < -0.4 is 26.2 Å². The normalized spacial score (nSPS) is 13.7. The third kappa shape index (κ3) is 11.5. The summed E-state index contributed by atoms with van der Waals surface area (Å²) in [5, 5.41) is 4.91. The third-order valence-corrected chi connectivity index (χ3v) is 21.9. The Kier molecular flexibility index (Phi) is 15.0. The van der Waals surface area contributed by atoms with E-state index in [1.807, 2.05) is 0 Å². The van der Waals surface area contributed by atoms with E-state index < -0.39 is 11.8 Å². The first kappa shape index (κ1) is 64.0. The Labute approximate surface area is 618 Å². The molecule has 13 aromatic carbocycles. The second-order valence-electron chi connectivity index (χ2n) is 34.4. The van der Waals surface area contributed by atoms with Crippen LogP contribution in [-0.4, -0.2) is 15.8 Å². The van der Waals surface area contributed by atoms with Gasteiger partial charge in [0, 0.05) is 69.5 Å². The first-order valence-corrected chi connectivity index (χ1v) is 37.3. The Hall–Kier alpha value is -10.9. The molecular formula is C99H93BN4. The average Bonchev–Trinajstić information content (AvgIpc) is 0.798. The second kappa shape index (κ2) is 24.4. The van der Waals surface area contributed by atoms with Gasteiger partial charge >= 0.3 is 0 Å². The van der Waals surface area contributed by atoms with Gasteiger partial charge in [-0.15, -0.1) is 0 Å². The molecule has 0 saturated heterocycles. The van der Waals surface area contributed by atoms with Crippen LogP contribution in [0, 0.1) is 5.41 Å². The number of fused-ring (bicyclic) bond motifs is 10. The lowest BCUT2D eigenvalue weighted by Crippen LogP contribution is -2.61. The molecule has 5 heteroatoms. The summed E-state index contributed by atoms with van der Waals surface area (Å²) in [4.78, 5) is 5.08. The second-order valence-corrected chi connectivity index (χ2v) is 34.4. The standard InChI is InChI=1S/C99H93BN4/c1-95(2,3)62-63-52-92-94-93(53-63)104(89-55-69(65-30-22-17-23-31-65)37-45-77(89)67-34-26-19-27-35-67)91-61-75(102-86-50-40-72(98(10,11)12)58-80(86)81-59-73(99(13,14)15)41-51-87(81)102)43-47-83(91)100(94)82-46-42-74(101-84-48-38-70(96(4,5)6)56-78(84)79-57-71(97(7,8)9)39-49-85(79)101)60-90(82)103(92)88-54-68(64-28-20-16-21-29-64)36-44-76(88)66-32-24-18-25-33-66/h16-61H,62H2,1-15H3/i62D2. The molecule has 4 heterocycles. The predicted molar refractivity (Wildman–Crippen MR) is 449 cm³/mol. The first-order valence-electron chi connectivity index (χ1n) is 38.3. The summed E-state index contributed by atoms with van der Waals surface area (Å²) in [6.45, 7) is 33.5. The van der Waals surface area contributed by atoms with E-state index in [1.165, 1.54) is 43.8 Å². The van der Waals surface area contributed by atoms with Gasteiger partial charge in [0.25, 0.3) is 6.71 Å². The SMILES string of the molecule is [2H]C([2H])(c1cc2c3c(c1)N(c1cc(-c4ccccc4)ccc1-c1ccccc1)c1cc(-n4c5ccc(C(C)(C)C)cc5c5cc(C(C)(C)C)ccc54)ccc1B3c1ccc(-n3c4ccc(C(C)(C)C)cc4c4cc(C(C)(C)C)ccc43)cc1N2c1cc(-c2ccccc2)ccc1-c1ccccc1)C(C)(C)C. The summed E-state index contributed by atoms with van der Waals surface area (Å²) in [5.74, 6) is 0. The Morgan fingerprint density at radius 2 is 0.596 bits per heavy atom. The van der Waals surface area contributed by atoms with Gasteiger partial charge in [0.1, 0.15) is 0 Å². The van der Waals surface area contributed by atoms with E-state index in [1.54, 1.807) is 0 Å². The molecule has 15 aromatic rings. The number of hydrogen-bond acceptors (Lipinski definition) is 2. The summed E-state index contributed by atoms with van der Waals surface area (Å²) >= 11 is 0. The summed E-state index contributed by atoms with van der Waals surface area (Å²) in [5.41, 5.74) is 29.2. The van der Waals surface area contributed by atoms with Gasteiger partial charge in [-0.2, -0.15) is 0 Å². The molecule has 0 aliphatic carbocycles. The highest BCUT2D eigenvalue weighted by molar-refractivity contribution is 7.00. The van der Waals surface area contributed by atoms with Crippen molar-refractivity contribution in [2.75, 3.05) is 9.80 Å². The molecule has 0 spiro atoms. The van der Waals surface area contributed by atoms with E-state index in [0.29, 0.717) is 5.56 Å². The van der Waals surface area contributed by atoms with Crippen molar-refractivity contribution in [3.8, 4) is 55.9 Å². The minimum absolute atomic E-state index is 0.0781. The highest BCUT2D eigenvalue weighted by atomic mass is 15.2. The first-order chi connectivity index (χ1) is 50.5. The van der Waals surface area contributed by atoms with Crippen LogP contribution in [0.3, 0.4) is 0 Å². The molecule has 0 radical (unpaired) electrons. The van der Waals surface area contributed by atoms with Crippen molar-refractivity contribution in [3.05, 3.63) is 307 Å². The molecule has 2 aliphatic heterocycles. The molecule has 0 unspecified atom stereocenters. The molecule has 2 aromatic heterocycles. The Bertz CT molecular complexity index is 5510. The maximum Gasteiger partial charge on any atom is 0.252 e. The fraction of sp³-hybridized carbons (Fsp3) is 0.212. The summed E-state index contributed by atoms with van der Waals surface area (Å²) in [6.07, 6.45) is -1.86. The van der Waals surface area contributed by atoms with E-state index >= 15 is 0 Å². The van der Waals surface area contributed by atoms with Crippen LogP contribution in [0.25, 0.3) is 99.5 Å². The van der Waals surface area contributed by atoms with Crippen LogP contribution in [0.5, 0.6) is 0 Å². The topological polar surface area (TPSA) is 16.3 Å². The molecule has 17 rings (SSSR count). The van der Waals surface area contributed by atoms with E-state index in [-0.39, 0.29) is 28.4 Å². The highest BCUT2D eigenvalue weighted by Gasteiger charge is 2.45. The van der Waals surface area contributed by atoms with Gasteiger partial charge in [-0.25, -0.2) is 0 Å². The summed E-state index contributed by atoms with van der Waals surface area (Å²) < 4.78 is 26.5. The predicted octanol–water partition coefficient (Wildman–Crippen LogP) is 25.4. The maximum atomic E-state index is 10.8. The summed E-state index contributed by atoms with van der Waals surface area (Å²) in [7, 11) is 0. The fourth-order valence-corrected chi connectivity index (χ4v) is 16.5. The maximum absolute atomic E-state index is 10.8. The molecule has 0 atom stereocenters. The molecule has 4 nitrogen and oxygen atoms in total. The van der Waals surface area contributed by atoms with Crippen molar-refractivity contribution in [1.82, 2.24) is 9.13 Å². The fourth-order valence-electron chi connectivity index (χ4n) is 16.5. The van der Waals surface area contributed by atoms with Gasteiger partial charge in [0.15, 0.2) is 0 Å². The number of aromatic nitrogens is 2. The number of rotatable bonds is 9. The van der Waals surface area contributed by atoms with Crippen molar-refractivity contribution in [2.24, 2.45) is 5.41 Å². The quantitative estimate of drug-likeness (QED) is 0.134. The Balaban J connectivity index is 1.04. The molecule has 2 aliphatic rings. The highest BCUT2D eigenvalue weighted by Crippen LogP contribution is 2.52.